The van der Waals surface area contributed by atoms with Gasteiger partial charge in [0.15, 0.2) is 9.84 Å². The Morgan fingerprint density at radius 2 is 1.59 bits per heavy atom. The van der Waals surface area contributed by atoms with Crippen LogP contribution in [0.2, 0.25) is 0 Å². The van der Waals surface area contributed by atoms with Crippen LogP contribution in [0.3, 0.4) is 0 Å². The normalized spacial score (nSPS) is 17.5. The lowest BCUT2D eigenvalue weighted by Crippen LogP contribution is -2.50. The third kappa shape index (κ3) is 5.60. The average Bonchev–Trinajstić information content (AvgIpc) is 2.72. The van der Waals surface area contributed by atoms with E-state index in [0.29, 0.717) is 19.4 Å². The van der Waals surface area contributed by atoms with Gasteiger partial charge < -0.3 is 10.2 Å². The van der Waals surface area contributed by atoms with Crippen molar-refractivity contribution in [2.24, 2.45) is 5.92 Å². The standard InChI is InChI=1S/C23H30N2O3S/c1-18(2)17-29(27,28)21-14-9-15-25(16-21)23(26)24-22(19-10-5-3-6-11-19)20-12-7-4-8-13-20/h3-8,10-13,18,21-22H,9,14-17H2,1-2H3,(H,24,26)/t21-/m1/s1. The fourth-order valence-corrected chi connectivity index (χ4v) is 6.02. The fraction of sp³-hybridized carbons (Fsp3) is 0.435. The van der Waals surface area contributed by atoms with E-state index in [2.05, 4.69) is 5.32 Å². The number of rotatable bonds is 6. The van der Waals surface area contributed by atoms with E-state index in [0.717, 1.165) is 11.1 Å². The molecule has 0 radical (unpaired) electrons. The number of sulfone groups is 1. The fourth-order valence-electron chi connectivity index (χ4n) is 3.88. The number of carbonyl (C=O) groups excluding carboxylic acids is 1. The molecule has 2 aromatic rings. The number of amides is 2. The minimum Gasteiger partial charge on any atom is -0.327 e. The Labute approximate surface area is 174 Å². The topological polar surface area (TPSA) is 66.5 Å². The molecule has 1 saturated heterocycles. The highest BCUT2D eigenvalue weighted by Crippen LogP contribution is 2.24. The van der Waals surface area contributed by atoms with E-state index in [-0.39, 0.29) is 30.3 Å². The Hall–Kier alpha value is -2.34. The predicted molar refractivity (Wildman–Crippen MR) is 116 cm³/mol. The molecule has 0 bridgehead atoms. The first-order valence-electron chi connectivity index (χ1n) is 10.2. The Morgan fingerprint density at radius 3 is 2.10 bits per heavy atom. The number of piperidine rings is 1. The zero-order chi connectivity index (χ0) is 20.9. The highest BCUT2D eigenvalue weighted by molar-refractivity contribution is 7.92. The molecule has 0 unspecified atom stereocenters. The van der Waals surface area contributed by atoms with Crippen LogP contribution in [0.4, 0.5) is 4.79 Å². The number of hydrogen-bond acceptors (Lipinski definition) is 3. The number of benzene rings is 2. The first kappa shape index (κ1) is 21.4. The molecule has 0 aliphatic carbocycles. The number of likely N-dealkylation sites (tertiary alicyclic amines) is 1. The molecular weight excluding hydrogens is 384 g/mol. The molecule has 2 amide bonds. The van der Waals surface area contributed by atoms with E-state index in [1.165, 1.54) is 0 Å². The summed E-state index contributed by atoms with van der Waals surface area (Å²) in [5.41, 5.74) is 1.99. The van der Waals surface area contributed by atoms with Crippen molar-refractivity contribution in [2.45, 2.75) is 38.0 Å². The average molecular weight is 415 g/mol. The number of hydrogen-bond donors (Lipinski definition) is 1. The van der Waals surface area contributed by atoms with Gasteiger partial charge in [-0.05, 0) is 29.9 Å². The maximum Gasteiger partial charge on any atom is 0.318 e. The molecule has 1 aliphatic rings. The minimum atomic E-state index is -3.20. The molecule has 1 fully saturated rings. The zero-order valence-corrected chi connectivity index (χ0v) is 17.9. The first-order valence-corrected chi connectivity index (χ1v) is 12.0. The molecule has 0 spiro atoms. The van der Waals surface area contributed by atoms with E-state index >= 15 is 0 Å². The van der Waals surface area contributed by atoms with Gasteiger partial charge >= 0.3 is 6.03 Å². The van der Waals surface area contributed by atoms with E-state index in [9.17, 15) is 13.2 Å². The number of nitrogens with zero attached hydrogens (tertiary/aromatic N) is 1. The molecule has 1 aliphatic heterocycles. The highest BCUT2D eigenvalue weighted by atomic mass is 32.2. The van der Waals surface area contributed by atoms with Gasteiger partial charge in [-0.3, -0.25) is 0 Å². The van der Waals surface area contributed by atoms with Crippen LogP contribution in [0, 0.1) is 5.92 Å². The predicted octanol–water partition coefficient (Wildman–Crippen LogP) is 4.02. The lowest BCUT2D eigenvalue weighted by atomic mass is 9.99. The van der Waals surface area contributed by atoms with Gasteiger partial charge in [0.2, 0.25) is 0 Å². The van der Waals surface area contributed by atoms with Gasteiger partial charge in [-0.25, -0.2) is 13.2 Å². The minimum absolute atomic E-state index is 0.0877. The summed E-state index contributed by atoms with van der Waals surface area (Å²) in [6.45, 7) is 4.66. The third-order valence-electron chi connectivity index (χ3n) is 5.27. The van der Waals surface area contributed by atoms with E-state index in [1.807, 2.05) is 74.5 Å². The molecule has 3 rings (SSSR count). The molecule has 1 N–H and O–H groups in total. The number of nitrogens with one attached hydrogen (secondary N) is 1. The maximum absolute atomic E-state index is 13.1. The molecule has 0 aromatic heterocycles. The molecule has 6 heteroatoms. The Bertz CT molecular complexity index is 859. The van der Waals surface area contributed by atoms with Gasteiger partial charge in [-0.15, -0.1) is 0 Å². The molecule has 1 heterocycles. The van der Waals surface area contributed by atoms with Crippen LogP contribution in [-0.4, -0.2) is 43.4 Å². The van der Waals surface area contributed by atoms with Gasteiger partial charge in [0.25, 0.3) is 0 Å². The van der Waals surface area contributed by atoms with Crippen molar-refractivity contribution in [3.8, 4) is 0 Å². The monoisotopic (exact) mass is 414 g/mol. The van der Waals surface area contributed by atoms with Crippen LogP contribution >= 0.6 is 0 Å². The Kier molecular flexibility index (Phi) is 6.96. The number of urea groups is 1. The zero-order valence-electron chi connectivity index (χ0n) is 17.1. The van der Waals surface area contributed by atoms with Crippen molar-refractivity contribution >= 4 is 15.9 Å². The summed E-state index contributed by atoms with van der Waals surface area (Å²) in [5, 5.41) is 2.65. The molecule has 5 nitrogen and oxygen atoms in total. The largest absolute Gasteiger partial charge is 0.327 e. The lowest BCUT2D eigenvalue weighted by molar-refractivity contribution is 0.184. The summed E-state index contributed by atoms with van der Waals surface area (Å²) < 4.78 is 25.3. The second kappa shape index (κ2) is 9.44. The summed E-state index contributed by atoms with van der Waals surface area (Å²) >= 11 is 0. The van der Waals surface area contributed by atoms with Crippen LogP contribution in [0.25, 0.3) is 0 Å². The van der Waals surface area contributed by atoms with Crippen molar-refractivity contribution < 1.29 is 13.2 Å². The SMILES string of the molecule is CC(C)CS(=O)(=O)[C@@H]1CCCN(C(=O)NC(c2ccccc2)c2ccccc2)C1. The number of carbonyl (C=O) groups is 1. The van der Waals surface area contributed by atoms with Crippen LogP contribution in [-0.2, 0) is 9.84 Å². The van der Waals surface area contributed by atoms with Gasteiger partial charge in [0, 0.05) is 13.1 Å². The van der Waals surface area contributed by atoms with Crippen molar-refractivity contribution in [3.05, 3.63) is 71.8 Å². The molecule has 1 atom stereocenters. The summed E-state index contributed by atoms with van der Waals surface area (Å²) in [4.78, 5) is 14.7. The van der Waals surface area contributed by atoms with E-state index in [4.69, 9.17) is 0 Å². The van der Waals surface area contributed by atoms with Crippen molar-refractivity contribution in [3.63, 3.8) is 0 Å². The third-order valence-corrected chi connectivity index (χ3v) is 7.80. The molecule has 0 saturated carbocycles. The van der Waals surface area contributed by atoms with E-state index in [1.54, 1.807) is 4.90 Å². The quantitative estimate of drug-likeness (QED) is 0.776. The van der Waals surface area contributed by atoms with Crippen LogP contribution in [0.15, 0.2) is 60.7 Å². The Balaban J connectivity index is 1.76. The van der Waals surface area contributed by atoms with Gasteiger partial charge in [-0.1, -0.05) is 74.5 Å². The van der Waals surface area contributed by atoms with Crippen LogP contribution in [0.1, 0.15) is 43.9 Å². The lowest BCUT2D eigenvalue weighted by Gasteiger charge is -2.34. The second-order valence-electron chi connectivity index (χ2n) is 8.14. The molecule has 2 aromatic carbocycles. The smallest absolute Gasteiger partial charge is 0.318 e. The summed E-state index contributed by atoms with van der Waals surface area (Å²) in [6, 6.07) is 19.2. The molecule has 29 heavy (non-hydrogen) atoms. The van der Waals surface area contributed by atoms with Gasteiger partial charge in [0.05, 0.1) is 17.0 Å². The van der Waals surface area contributed by atoms with Crippen LogP contribution in [0.5, 0.6) is 0 Å². The van der Waals surface area contributed by atoms with Crippen LogP contribution < -0.4 is 5.32 Å². The summed E-state index contributed by atoms with van der Waals surface area (Å²) in [5.74, 6) is 0.258. The van der Waals surface area contributed by atoms with Gasteiger partial charge in [-0.2, -0.15) is 0 Å². The van der Waals surface area contributed by atoms with Crippen molar-refractivity contribution in [1.29, 1.82) is 0 Å². The summed E-state index contributed by atoms with van der Waals surface area (Å²) in [6.07, 6.45) is 1.33. The van der Waals surface area contributed by atoms with Crippen molar-refractivity contribution in [2.75, 3.05) is 18.8 Å². The first-order chi connectivity index (χ1) is 13.9. The molecular formula is C23H30N2O3S. The Morgan fingerprint density at radius 1 is 1.03 bits per heavy atom. The van der Waals surface area contributed by atoms with E-state index < -0.39 is 15.1 Å². The summed E-state index contributed by atoms with van der Waals surface area (Å²) in [7, 11) is -3.20. The van der Waals surface area contributed by atoms with Crippen molar-refractivity contribution in [1.82, 2.24) is 10.2 Å². The van der Waals surface area contributed by atoms with Gasteiger partial charge in [0.1, 0.15) is 0 Å². The highest BCUT2D eigenvalue weighted by Gasteiger charge is 2.33. The second-order valence-corrected chi connectivity index (χ2v) is 10.5. The maximum atomic E-state index is 13.1. The molecule has 156 valence electrons.